The van der Waals surface area contributed by atoms with Gasteiger partial charge in [-0.3, -0.25) is 14.4 Å². The molecular formula is C15H15F3O4. The molecule has 0 bridgehead atoms. The average molecular weight is 316 g/mol. The van der Waals surface area contributed by atoms with Crippen LogP contribution >= 0.6 is 0 Å². The van der Waals surface area contributed by atoms with Crippen LogP contribution in [0.25, 0.3) is 0 Å². The number of halogens is 3. The molecule has 0 aliphatic carbocycles. The number of hydrogen-bond acceptors (Lipinski definition) is 4. The standard InChI is InChI=1S/C15H15F3O4/c1-9(14(21)22-2)7-10-3-5-11(6-4-10)12(19)8-13(20)15(16,17)18/h3-6,9H,7-8H2,1-2H3. The minimum absolute atomic E-state index is 0.0204. The lowest BCUT2D eigenvalue weighted by molar-refractivity contribution is -0.170. The average Bonchev–Trinajstić information content (AvgIpc) is 2.45. The Bertz CT molecular complexity index is 561. The Morgan fingerprint density at radius 1 is 1.14 bits per heavy atom. The predicted molar refractivity (Wildman–Crippen MR) is 71.3 cm³/mol. The Kier molecular flexibility index (Phi) is 5.84. The molecule has 0 saturated heterocycles. The van der Waals surface area contributed by atoms with E-state index in [4.69, 9.17) is 0 Å². The second-order valence-corrected chi connectivity index (χ2v) is 4.85. The van der Waals surface area contributed by atoms with Crippen LogP contribution < -0.4 is 0 Å². The summed E-state index contributed by atoms with van der Waals surface area (Å²) in [6.45, 7) is 1.67. The van der Waals surface area contributed by atoms with Crippen LogP contribution in [0.1, 0.15) is 29.3 Å². The van der Waals surface area contributed by atoms with Gasteiger partial charge in [0.1, 0.15) is 0 Å². The van der Waals surface area contributed by atoms with Gasteiger partial charge in [0.05, 0.1) is 19.4 Å². The molecule has 0 aliphatic rings. The number of methoxy groups -OCH3 is 1. The molecule has 0 N–H and O–H groups in total. The SMILES string of the molecule is COC(=O)C(C)Cc1ccc(C(=O)CC(=O)C(F)(F)F)cc1. The largest absolute Gasteiger partial charge is 0.469 e. The summed E-state index contributed by atoms with van der Waals surface area (Å²) in [5, 5.41) is 0. The van der Waals surface area contributed by atoms with E-state index < -0.39 is 24.2 Å². The monoisotopic (exact) mass is 316 g/mol. The van der Waals surface area contributed by atoms with Crippen LogP contribution in [0.3, 0.4) is 0 Å². The highest BCUT2D eigenvalue weighted by atomic mass is 19.4. The van der Waals surface area contributed by atoms with Crippen molar-refractivity contribution in [1.82, 2.24) is 0 Å². The molecule has 22 heavy (non-hydrogen) atoms. The van der Waals surface area contributed by atoms with Gasteiger partial charge in [0.2, 0.25) is 5.78 Å². The summed E-state index contributed by atoms with van der Waals surface area (Å²) in [5.74, 6) is -3.72. The number of carbonyl (C=O) groups is 3. The minimum atomic E-state index is -5.01. The van der Waals surface area contributed by atoms with Gasteiger partial charge in [-0.1, -0.05) is 31.2 Å². The quantitative estimate of drug-likeness (QED) is 0.460. The minimum Gasteiger partial charge on any atom is -0.469 e. The van der Waals surface area contributed by atoms with E-state index in [9.17, 15) is 27.6 Å². The van der Waals surface area contributed by atoms with Crippen molar-refractivity contribution >= 4 is 17.5 Å². The molecule has 0 heterocycles. The summed E-state index contributed by atoms with van der Waals surface area (Å²) in [7, 11) is 1.28. The zero-order chi connectivity index (χ0) is 16.9. The summed E-state index contributed by atoms with van der Waals surface area (Å²) < 4.78 is 40.9. The number of ketones is 2. The fourth-order valence-electron chi connectivity index (χ4n) is 1.81. The second kappa shape index (κ2) is 7.20. The number of benzene rings is 1. The van der Waals surface area contributed by atoms with E-state index >= 15 is 0 Å². The number of esters is 1. The zero-order valence-electron chi connectivity index (χ0n) is 12.1. The Labute approximate surface area is 125 Å². The van der Waals surface area contributed by atoms with Crippen LogP contribution in [0.4, 0.5) is 13.2 Å². The van der Waals surface area contributed by atoms with Crippen molar-refractivity contribution in [3.8, 4) is 0 Å². The molecule has 1 rings (SSSR count). The van der Waals surface area contributed by atoms with E-state index in [1.807, 2.05) is 0 Å². The molecule has 4 nitrogen and oxygen atoms in total. The number of hydrogen-bond donors (Lipinski definition) is 0. The van der Waals surface area contributed by atoms with E-state index in [0.29, 0.717) is 6.42 Å². The van der Waals surface area contributed by atoms with Crippen molar-refractivity contribution in [2.75, 3.05) is 7.11 Å². The van der Waals surface area contributed by atoms with Crippen LogP contribution in [0.2, 0.25) is 0 Å². The van der Waals surface area contributed by atoms with Gasteiger partial charge < -0.3 is 4.74 Å². The van der Waals surface area contributed by atoms with Crippen LogP contribution in [0.5, 0.6) is 0 Å². The molecule has 1 aromatic rings. The predicted octanol–water partition coefficient (Wildman–Crippen LogP) is 2.74. The molecule has 0 aliphatic heterocycles. The third-order valence-electron chi connectivity index (χ3n) is 3.06. The third kappa shape index (κ3) is 4.98. The Balaban J connectivity index is 2.70. The number of Topliss-reactive ketones (excluding diaryl/α,β-unsaturated/α-hetero) is 2. The van der Waals surface area contributed by atoms with Gasteiger partial charge in [-0.15, -0.1) is 0 Å². The van der Waals surface area contributed by atoms with Crippen molar-refractivity contribution in [3.05, 3.63) is 35.4 Å². The van der Waals surface area contributed by atoms with E-state index in [-0.39, 0.29) is 17.5 Å². The molecule has 0 radical (unpaired) electrons. The Morgan fingerprint density at radius 3 is 2.14 bits per heavy atom. The second-order valence-electron chi connectivity index (χ2n) is 4.85. The smallest absolute Gasteiger partial charge is 0.450 e. The molecular weight excluding hydrogens is 301 g/mol. The normalized spacial score (nSPS) is 12.6. The third-order valence-corrected chi connectivity index (χ3v) is 3.06. The molecule has 1 unspecified atom stereocenters. The van der Waals surface area contributed by atoms with Crippen LogP contribution in [-0.4, -0.2) is 30.8 Å². The molecule has 1 aromatic carbocycles. The molecule has 0 saturated carbocycles. The first-order valence-electron chi connectivity index (χ1n) is 6.45. The molecule has 0 spiro atoms. The topological polar surface area (TPSA) is 60.4 Å². The Morgan fingerprint density at radius 2 is 1.68 bits per heavy atom. The zero-order valence-corrected chi connectivity index (χ0v) is 12.1. The molecule has 1 atom stereocenters. The summed E-state index contributed by atoms with van der Waals surface area (Å²) in [5.41, 5.74) is 0.753. The summed E-state index contributed by atoms with van der Waals surface area (Å²) in [4.78, 5) is 33.7. The number of ether oxygens (including phenoxy) is 1. The number of alkyl halides is 3. The van der Waals surface area contributed by atoms with Crippen molar-refractivity contribution in [3.63, 3.8) is 0 Å². The fraction of sp³-hybridized carbons (Fsp3) is 0.400. The molecule has 7 heteroatoms. The molecule has 120 valence electrons. The molecule has 0 aromatic heterocycles. The van der Waals surface area contributed by atoms with Crippen LogP contribution in [-0.2, 0) is 20.7 Å². The summed E-state index contributed by atoms with van der Waals surface area (Å²) in [6.07, 6.45) is -5.84. The van der Waals surface area contributed by atoms with E-state index in [2.05, 4.69) is 4.74 Å². The first kappa shape index (κ1) is 17.9. The van der Waals surface area contributed by atoms with Crippen LogP contribution in [0.15, 0.2) is 24.3 Å². The van der Waals surface area contributed by atoms with Crippen molar-refractivity contribution in [2.45, 2.75) is 25.9 Å². The maximum atomic E-state index is 12.1. The highest BCUT2D eigenvalue weighted by molar-refractivity contribution is 6.09. The lowest BCUT2D eigenvalue weighted by Gasteiger charge is -2.09. The van der Waals surface area contributed by atoms with E-state index in [0.717, 1.165) is 5.56 Å². The highest BCUT2D eigenvalue weighted by Crippen LogP contribution is 2.19. The van der Waals surface area contributed by atoms with Gasteiger partial charge in [0.25, 0.3) is 0 Å². The van der Waals surface area contributed by atoms with Crippen LogP contribution in [0, 0.1) is 5.92 Å². The first-order valence-corrected chi connectivity index (χ1v) is 6.45. The summed E-state index contributed by atoms with van der Waals surface area (Å²) >= 11 is 0. The maximum absolute atomic E-state index is 12.1. The summed E-state index contributed by atoms with van der Waals surface area (Å²) in [6, 6.07) is 5.74. The van der Waals surface area contributed by atoms with Gasteiger partial charge in [0, 0.05) is 5.56 Å². The van der Waals surface area contributed by atoms with Gasteiger partial charge in [-0.2, -0.15) is 13.2 Å². The van der Waals surface area contributed by atoms with E-state index in [1.54, 1.807) is 6.92 Å². The first-order chi connectivity index (χ1) is 10.1. The van der Waals surface area contributed by atoms with Gasteiger partial charge in [-0.05, 0) is 12.0 Å². The van der Waals surface area contributed by atoms with Gasteiger partial charge in [-0.25, -0.2) is 0 Å². The molecule has 0 amide bonds. The van der Waals surface area contributed by atoms with Crippen molar-refractivity contribution < 1.29 is 32.3 Å². The highest BCUT2D eigenvalue weighted by Gasteiger charge is 2.39. The lowest BCUT2D eigenvalue weighted by Crippen LogP contribution is -2.25. The van der Waals surface area contributed by atoms with Gasteiger partial charge >= 0.3 is 12.1 Å². The number of carbonyl (C=O) groups excluding carboxylic acids is 3. The molecule has 0 fully saturated rings. The fourth-order valence-corrected chi connectivity index (χ4v) is 1.81. The van der Waals surface area contributed by atoms with Crippen molar-refractivity contribution in [1.29, 1.82) is 0 Å². The Hall–Kier alpha value is -2.18. The van der Waals surface area contributed by atoms with E-state index in [1.165, 1.54) is 31.4 Å². The number of rotatable bonds is 6. The maximum Gasteiger partial charge on any atom is 0.450 e. The van der Waals surface area contributed by atoms with Crippen molar-refractivity contribution in [2.24, 2.45) is 5.92 Å². The lowest BCUT2D eigenvalue weighted by atomic mass is 9.98. The van der Waals surface area contributed by atoms with Gasteiger partial charge in [0.15, 0.2) is 5.78 Å².